The van der Waals surface area contributed by atoms with Crippen LogP contribution in [0.5, 0.6) is 0 Å². The largest absolute Gasteiger partial charge is 0.481 e. The molecule has 2 aliphatic rings. The van der Waals surface area contributed by atoms with E-state index in [9.17, 15) is 18.0 Å². The zero-order valence-electron chi connectivity index (χ0n) is 12.0. The van der Waals surface area contributed by atoms with Crippen molar-refractivity contribution in [1.29, 1.82) is 0 Å². The monoisotopic (exact) mass is 318 g/mol. The topological polar surface area (TPSA) is 104 Å². The maximum Gasteiger partial charge on any atom is 0.317 e. The maximum absolute atomic E-state index is 12.2. The van der Waals surface area contributed by atoms with E-state index in [-0.39, 0.29) is 35.9 Å². The highest BCUT2D eigenvalue weighted by Gasteiger charge is 2.29. The number of carbonyl (C=O) groups excluding carboxylic acids is 1. The number of nitrogens with one attached hydrogen (secondary N) is 1. The molecule has 2 N–H and O–H groups in total. The van der Waals surface area contributed by atoms with Crippen molar-refractivity contribution in [3.05, 3.63) is 0 Å². The van der Waals surface area contributed by atoms with Crippen LogP contribution in [0.3, 0.4) is 0 Å². The summed E-state index contributed by atoms with van der Waals surface area (Å²) < 4.78 is 23.1. The van der Waals surface area contributed by atoms with Gasteiger partial charge in [-0.25, -0.2) is 13.2 Å². The fourth-order valence-corrected chi connectivity index (χ4v) is 4.70. The molecule has 0 bridgehead atoms. The summed E-state index contributed by atoms with van der Waals surface area (Å²) in [4.78, 5) is 24.5. The van der Waals surface area contributed by atoms with Gasteiger partial charge in [-0.1, -0.05) is 0 Å². The quantitative estimate of drug-likeness (QED) is 0.787. The van der Waals surface area contributed by atoms with Gasteiger partial charge in [-0.2, -0.15) is 0 Å². The third-order valence-electron chi connectivity index (χ3n) is 4.06. The van der Waals surface area contributed by atoms with Crippen LogP contribution in [0.25, 0.3) is 0 Å². The molecule has 0 radical (unpaired) electrons. The minimum absolute atomic E-state index is 0.00509. The van der Waals surface area contributed by atoms with Crippen LogP contribution < -0.4 is 5.32 Å². The Balaban J connectivity index is 1.86. The van der Waals surface area contributed by atoms with Crippen LogP contribution in [0.2, 0.25) is 0 Å². The van der Waals surface area contributed by atoms with E-state index in [4.69, 9.17) is 5.11 Å². The Hall–Kier alpha value is -1.31. The molecular weight excluding hydrogens is 296 g/mol. The normalized spacial score (nSPS) is 28.9. The van der Waals surface area contributed by atoms with E-state index < -0.39 is 15.8 Å². The number of likely N-dealkylation sites (tertiary alicyclic amines) is 1. The minimum Gasteiger partial charge on any atom is -0.481 e. The lowest BCUT2D eigenvalue weighted by Gasteiger charge is -2.34. The molecule has 2 saturated heterocycles. The lowest BCUT2D eigenvalue weighted by Crippen LogP contribution is -2.51. The van der Waals surface area contributed by atoms with Crippen molar-refractivity contribution in [3.8, 4) is 0 Å². The standard InChI is InChI=1S/C13H22N2O5S/c16-12(17)7-10-3-1-5-15(8-10)13(18)14-11-4-2-6-21(19,20)9-11/h10-11H,1-9H2,(H,14,18)(H,16,17). The SMILES string of the molecule is O=C(O)CC1CCCN(C(=O)NC2CCCS(=O)(=O)C2)C1. The molecule has 0 spiro atoms. The average molecular weight is 318 g/mol. The molecule has 0 aromatic carbocycles. The molecule has 2 atom stereocenters. The summed E-state index contributed by atoms with van der Waals surface area (Å²) >= 11 is 0. The molecule has 0 saturated carbocycles. The molecule has 2 rings (SSSR count). The first-order valence-corrected chi connectivity index (χ1v) is 9.15. The predicted octanol–water partition coefficient (Wildman–Crippen LogP) is 0.460. The van der Waals surface area contributed by atoms with Gasteiger partial charge in [0.15, 0.2) is 9.84 Å². The van der Waals surface area contributed by atoms with E-state index >= 15 is 0 Å². The Morgan fingerprint density at radius 3 is 2.67 bits per heavy atom. The van der Waals surface area contributed by atoms with Crippen LogP contribution >= 0.6 is 0 Å². The van der Waals surface area contributed by atoms with Crippen molar-refractivity contribution in [1.82, 2.24) is 10.2 Å². The van der Waals surface area contributed by atoms with Crippen LogP contribution in [0.1, 0.15) is 32.1 Å². The van der Waals surface area contributed by atoms with E-state index in [1.807, 2.05) is 0 Å². The molecule has 2 fully saturated rings. The Labute approximate surface area is 124 Å². The molecular formula is C13H22N2O5S. The van der Waals surface area contributed by atoms with E-state index in [1.54, 1.807) is 4.90 Å². The second kappa shape index (κ2) is 6.64. The molecule has 0 aromatic heterocycles. The van der Waals surface area contributed by atoms with Crippen LogP contribution in [-0.4, -0.2) is 61.1 Å². The number of hydrogen-bond acceptors (Lipinski definition) is 4. The lowest BCUT2D eigenvalue weighted by atomic mass is 9.95. The molecule has 8 heteroatoms. The summed E-state index contributed by atoms with van der Waals surface area (Å²) in [6.45, 7) is 1.03. The van der Waals surface area contributed by atoms with Gasteiger partial charge in [0.05, 0.1) is 11.5 Å². The molecule has 120 valence electrons. The summed E-state index contributed by atoms with van der Waals surface area (Å²) in [6.07, 6.45) is 2.93. The number of hydrogen-bond donors (Lipinski definition) is 2. The van der Waals surface area contributed by atoms with Gasteiger partial charge in [0, 0.05) is 25.6 Å². The van der Waals surface area contributed by atoms with Gasteiger partial charge in [0.25, 0.3) is 0 Å². The Morgan fingerprint density at radius 1 is 1.24 bits per heavy atom. The van der Waals surface area contributed by atoms with Crippen molar-refractivity contribution >= 4 is 21.8 Å². The first kappa shape index (κ1) is 16.1. The number of aliphatic carboxylic acids is 1. The number of carbonyl (C=O) groups is 2. The highest BCUT2D eigenvalue weighted by atomic mass is 32.2. The summed E-state index contributed by atoms with van der Waals surface area (Å²) in [5.41, 5.74) is 0. The van der Waals surface area contributed by atoms with Crippen molar-refractivity contribution in [3.63, 3.8) is 0 Å². The van der Waals surface area contributed by atoms with Crippen LogP contribution in [-0.2, 0) is 14.6 Å². The molecule has 2 aliphatic heterocycles. The number of carboxylic acid groups (broad SMARTS) is 1. The van der Waals surface area contributed by atoms with Gasteiger partial charge >= 0.3 is 12.0 Å². The number of piperidine rings is 1. The number of amides is 2. The molecule has 7 nitrogen and oxygen atoms in total. The average Bonchev–Trinajstić information content (AvgIpc) is 2.37. The van der Waals surface area contributed by atoms with Gasteiger partial charge in [-0.15, -0.1) is 0 Å². The Kier molecular flexibility index (Phi) is 5.08. The zero-order valence-corrected chi connectivity index (χ0v) is 12.8. The van der Waals surface area contributed by atoms with E-state index in [0.717, 1.165) is 12.8 Å². The van der Waals surface area contributed by atoms with E-state index in [2.05, 4.69) is 5.32 Å². The van der Waals surface area contributed by atoms with Gasteiger partial charge in [-0.05, 0) is 31.6 Å². The number of nitrogens with zero attached hydrogens (tertiary/aromatic N) is 1. The molecule has 0 aliphatic carbocycles. The van der Waals surface area contributed by atoms with Gasteiger partial charge in [0.1, 0.15) is 0 Å². The fraction of sp³-hybridized carbons (Fsp3) is 0.846. The van der Waals surface area contributed by atoms with Crippen molar-refractivity contribution in [2.75, 3.05) is 24.6 Å². The lowest BCUT2D eigenvalue weighted by molar-refractivity contribution is -0.138. The van der Waals surface area contributed by atoms with Gasteiger partial charge in [-0.3, -0.25) is 4.79 Å². The van der Waals surface area contributed by atoms with Crippen molar-refractivity contribution in [2.24, 2.45) is 5.92 Å². The fourth-order valence-electron chi connectivity index (χ4n) is 3.07. The van der Waals surface area contributed by atoms with Gasteiger partial charge in [0.2, 0.25) is 0 Å². The molecule has 21 heavy (non-hydrogen) atoms. The number of sulfone groups is 1. The second-order valence-corrected chi connectivity index (χ2v) is 8.18. The van der Waals surface area contributed by atoms with Crippen molar-refractivity contribution < 1.29 is 23.1 Å². The molecule has 2 heterocycles. The minimum atomic E-state index is -3.05. The van der Waals surface area contributed by atoms with E-state index in [0.29, 0.717) is 25.9 Å². The molecule has 2 unspecified atom stereocenters. The first-order valence-electron chi connectivity index (χ1n) is 7.33. The third kappa shape index (κ3) is 4.87. The highest BCUT2D eigenvalue weighted by Crippen LogP contribution is 2.20. The van der Waals surface area contributed by atoms with E-state index in [1.165, 1.54) is 0 Å². The summed E-state index contributed by atoms with van der Waals surface area (Å²) in [5.74, 6) is -0.660. The third-order valence-corrected chi connectivity index (χ3v) is 5.88. The Morgan fingerprint density at radius 2 is 2.00 bits per heavy atom. The summed E-state index contributed by atoms with van der Waals surface area (Å²) in [5, 5.41) is 11.6. The van der Waals surface area contributed by atoms with Crippen molar-refractivity contribution in [2.45, 2.75) is 38.1 Å². The maximum atomic E-state index is 12.2. The van der Waals surface area contributed by atoms with Crippen LogP contribution in [0.15, 0.2) is 0 Å². The molecule has 2 amide bonds. The van der Waals surface area contributed by atoms with Gasteiger partial charge < -0.3 is 15.3 Å². The number of rotatable bonds is 3. The first-order chi connectivity index (χ1) is 9.85. The highest BCUT2D eigenvalue weighted by molar-refractivity contribution is 7.91. The number of urea groups is 1. The predicted molar refractivity (Wildman–Crippen MR) is 76.8 cm³/mol. The number of carboxylic acids is 1. The summed E-state index contributed by atoms with van der Waals surface area (Å²) in [6, 6.07) is -0.594. The molecule has 0 aromatic rings. The smallest absolute Gasteiger partial charge is 0.317 e. The van der Waals surface area contributed by atoms with Crippen LogP contribution in [0.4, 0.5) is 4.79 Å². The summed E-state index contributed by atoms with van der Waals surface area (Å²) in [7, 11) is -3.05. The Bertz CT molecular complexity index is 505. The zero-order chi connectivity index (χ0) is 15.5. The second-order valence-electron chi connectivity index (χ2n) is 5.96. The van der Waals surface area contributed by atoms with Crippen LogP contribution in [0, 0.1) is 5.92 Å².